The van der Waals surface area contributed by atoms with E-state index in [1.807, 2.05) is 24.3 Å². The van der Waals surface area contributed by atoms with Gasteiger partial charge in [-0.3, -0.25) is 4.79 Å². The highest BCUT2D eigenvalue weighted by Gasteiger charge is 2.11. The second-order valence-corrected chi connectivity index (χ2v) is 4.49. The van der Waals surface area contributed by atoms with Crippen LogP contribution < -0.4 is 10.1 Å². The SMILES string of the molecule is COC(=O)NCCN(CCc1ccccc1OC)C(C)=O. The van der Waals surface area contributed by atoms with Gasteiger partial charge in [-0.05, 0) is 18.1 Å². The Kier molecular flexibility index (Phi) is 7.08. The molecule has 21 heavy (non-hydrogen) atoms. The van der Waals surface area contributed by atoms with Gasteiger partial charge < -0.3 is 19.7 Å². The molecule has 0 saturated carbocycles. The highest BCUT2D eigenvalue weighted by Crippen LogP contribution is 2.17. The van der Waals surface area contributed by atoms with Crippen molar-refractivity contribution in [1.29, 1.82) is 0 Å². The van der Waals surface area contributed by atoms with Gasteiger partial charge >= 0.3 is 6.09 Å². The number of alkyl carbamates (subject to hydrolysis) is 1. The molecular weight excluding hydrogens is 272 g/mol. The van der Waals surface area contributed by atoms with E-state index in [-0.39, 0.29) is 5.91 Å². The number of hydrogen-bond donors (Lipinski definition) is 1. The normalized spacial score (nSPS) is 9.86. The fourth-order valence-corrected chi connectivity index (χ4v) is 1.96. The highest BCUT2D eigenvalue weighted by atomic mass is 16.5. The summed E-state index contributed by atoms with van der Waals surface area (Å²) in [5, 5.41) is 2.56. The lowest BCUT2D eigenvalue weighted by Crippen LogP contribution is -2.38. The molecule has 0 aromatic heterocycles. The maximum absolute atomic E-state index is 11.6. The lowest BCUT2D eigenvalue weighted by atomic mass is 10.1. The van der Waals surface area contributed by atoms with Gasteiger partial charge in [-0.2, -0.15) is 0 Å². The quantitative estimate of drug-likeness (QED) is 0.826. The van der Waals surface area contributed by atoms with Gasteiger partial charge in [0.05, 0.1) is 14.2 Å². The number of nitrogens with zero attached hydrogens (tertiary/aromatic N) is 1. The average Bonchev–Trinajstić information content (AvgIpc) is 2.50. The zero-order valence-corrected chi connectivity index (χ0v) is 12.7. The predicted octanol–water partition coefficient (Wildman–Crippen LogP) is 1.44. The van der Waals surface area contributed by atoms with Crippen LogP contribution in [0.2, 0.25) is 0 Å². The molecule has 2 amide bonds. The molecular formula is C15H22N2O4. The van der Waals surface area contributed by atoms with Gasteiger partial charge in [0.1, 0.15) is 5.75 Å². The number of benzene rings is 1. The minimum absolute atomic E-state index is 0.0310. The first-order valence-electron chi connectivity index (χ1n) is 6.77. The number of carbonyl (C=O) groups is 2. The molecule has 116 valence electrons. The first-order valence-corrected chi connectivity index (χ1v) is 6.77. The number of rotatable bonds is 7. The Morgan fingerprint density at radius 3 is 2.52 bits per heavy atom. The molecule has 0 saturated heterocycles. The van der Waals surface area contributed by atoms with Gasteiger partial charge in [-0.15, -0.1) is 0 Å². The fourth-order valence-electron chi connectivity index (χ4n) is 1.96. The molecule has 0 unspecified atom stereocenters. The van der Waals surface area contributed by atoms with E-state index in [2.05, 4.69) is 10.1 Å². The summed E-state index contributed by atoms with van der Waals surface area (Å²) in [4.78, 5) is 24.3. The molecule has 6 heteroatoms. The topological polar surface area (TPSA) is 67.9 Å². The Labute approximate surface area is 125 Å². The first-order chi connectivity index (χ1) is 10.1. The number of amides is 2. The maximum Gasteiger partial charge on any atom is 0.406 e. The van der Waals surface area contributed by atoms with Crippen molar-refractivity contribution in [2.24, 2.45) is 0 Å². The molecule has 1 aromatic rings. The molecule has 0 radical (unpaired) electrons. The van der Waals surface area contributed by atoms with E-state index in [0.29, 0.717) is 26.1 Å². The van der Waals surface area contributed by atoms with Crippen molar-refractivity contribution in [3.63, 3.8) is 0 Å². The molecule has 6 nitrogen and oxygen atoms in total. The van der Waals surface area contributed by atoms with Crippen LogP contribution in [0.5, 0.6) is 5.75 Å². The zero-order chi connectivity index (χ0) is 15.7. The van der Waals surface area contributed by atoms with Gasteiger partial charge in [0, 0.05) is 26.6 Å². The fraction of sp³-hybridized carbons (Fsp3) is 0.467. The van der Waals surface area contributed by atoms with Crippen molar-refractivity contribution in [3.8, 4) is 5.75 Å². The van der Waals surface area contributed by atoms with E-state index in [1.54, 1.807) is 12.0 Å². The minimum Gasteiger partial charge on any atom is -0.496 e. The summed E-state index contributed by atoms with van der Waals surface area (Å²) in [7, 11) is 2.93. The largest absolute Gasteiger partial charge is 0.496 e. The number of hydrogen-bond acceptors (Lipinski definition) is 4. The molecule has 0 aliphatic carbocycles. The van der Waals surface area contributed by atoms with Crippen molar-refractivity contribution in [2.75, 3.05) is 33.9 Å². The predicted molar refractivity (Wildman–Crippen MR) is 79.4 cm³/mol. The number of carbonyl (C=O) groups excluding carboxylic acids is 2. The van der Waals surface area contributed by atoms with E-state index in [0.717, 1.165) is 11.3 Å². The van der Waals surface area contributed by atoms with Crippen LogP contribution in [0.4, 0.5) is 4.79 Å². The summed E-state index contributed by atoms with van der Waals surface area (Å²) in [5.74, 6) is 0.783. The van der Waals surface area contributed by atoms with E-state index in [1.165, 1.54) is 14.0 Å². The second-order valence-electron chi connectivity index (χ2n) is 4.49. The number of methoxy groups -OCH3 is 2. The molecule has 0 atom stereocenters. The summed E-state index contributed by atoms with van der Waals surface area (Å²) in [6.45, 7) is 2.89. The molecule has 0 fully saturated rings. The third-order valence-electron chi connectivity index (χ3n) is 3.13. The average molecular weight is 294 g/mol. The number of para-hydroxylation sites is 1. The zero-order valence-electron chi connectivity index (χ0n) is 12.7. The van der Waals surface area contributed by atoms with Crippen molar-refractivity contribution in [3.05, 3.63) is 29.8 Å². The lowest BCUT2D eigenvalue weighted by Gasteiger charge is -2.21. The van der Waals surface area contributed by atoms with Crippen LogP contribution in [0.25, 0.3) is 0 Å². The summed E-state index contributed by atoms with van der Waals surface area (Å²) in [5.41, 5.74) is 1.05. The second kappa shape index (κ2) is 8.84. The minimum atomic E-state index is -0.497. The molecule has 0 aliphatic rings. The molecule has 1 aromatic carbocycles. The summed E-state index contributed by atoms with van der Waals surface area (Å²) in [6, 6.07) is 7.72. The Morgan fingerprint density at radius 1 is 1.19 bits per heavy atom. The van der Waals surface area contributed by atoms with Crippen LogP contribution in [0.1, 0.15) is 12.5 Å². The van der Waals surface area contributed by atoms with Crippen LogP contribution >= 0.6 is 0 Å². The summed E-state index contributed by atoms with van der Waals surface area (Å²) >= 11 is 0. The summed E-state index contributed by atoms with van der Waals surface area (Å²) in [6.07, 6.45) is 0.199. The van der Waals surface area contributed by atoms with Crippen LogP contribution in [-0.4, -0.2) is 50.8 Å². The van der Waals surface area contributed by atoms with Crippen molar-refractivity contribution in [2.45, 2.75) is 13.3 Å². The van der Waals surface area contributed by atoms with Crippen LogP contribution in [0.3, 0.4) is 0 Å². The van der Waals surface area contributed by atoms with Crippen LogP contribution in [-0.2, 0) is 16.0 Å². The highest BCUT2D eigenvalue weighted by molar-refractivity contribution is 5.73. The van der Waals surface area contributed by atoms with Gasteiger partial charge in [0.25, 0.3) is 0 Å². The smallest absolute Gasteiger partial charge is 0.406 e. The van der Waals surface area contributed by atoms with Crippen molar-refractivity contribution in [1.82, 2.24) is 10.2 Å². The summed E-state index contributed by atoms with van der Waals surface area (Å²) < 4.78 is 9.77. The first kappa shape index (κ1) is 16.8. The van der Waals surface area contributed by atoms with Gasteiger partial charge in [0.15, 0.2) is 0 Å². The Hall–Kier alpha value is -2.24. The van der Waals surface area contributed by atoms with E-state index in [9.17, 15) is 9.59 Å². The van der Waals surface area contributed by atoms with Gasteiger partial charge in [-0.1, -0.05) is 18.2 Å². The molecule has 1 N–H and O–H groups in total. The van der Waals surface area contributed by atoms with Crippen molar-refractivity contribution < 1.29 is 19.1 Å². The Balaban J connectivity index is 2.51. The van der Waals surface area contributed by atoms with E-state index < -0.39 is 6.09 Å². The van der Waals surface area contributed by atoms with Crippen LogP contribution in [0.15, 0.2) is 24.3 Å². The van der Waals surface area contributed by atoms with E-state index >= 15 is 0 Å². The van der Waals surface area contributed by atoms with Gasteiger partial charge in [0.2, 0.25) is 5.91 Å². The molecule has 1 rings (SSSR count). The number of nitrogens with one attached hydrogen (secondary N) is 1. The molecule has 0 heterocycles. The monoisotopic (exact) mass is 294 g/mol. The Bertz CT molecular complexity index is 476. The third-order valence-corrected chi connectivity index (χ3v) is 3.13. The standard InChI is InChI=1S/C15H22N2O4/c1-12(18)17(11-9-16-15(19)21-3)10-8-13-6-4-5-7-14(13)20-2/h4-7H,8-11H2,1-3H3,(H,16,19). The van der Waals surface area contributed by atoms with Gasteiger partial charge in [-0.25, -0.2) is 4.79 Å². The van der Waals surface area contributed by atoms with Crippen molar-refractivity contribution >= 4 is 12.0 Å². The lowest BCUT2D eigenvalue weighted by molar-refractivity contribution is -0.128. The molecule has 0 aliphatic heterocycles. The van der Waals surface area contributed by atoms with E-state index in [4.69, 9.17) is 4.74 Å². The number of ether oxygens (including phenoxy) is 2. The molecule has 0 spiro atoms. The van der Waals surface area contributed by atoms with Crippen LogP contribution in [0, 0.1) is 0 Å². The maximum atomic E-state index is 11.6. The Morgan fingerprint density at radius 2 is 1.90 bits per heavy atom. The third kappa shape index (κ3) is 5.72. The molecule has 0 bridgehead atoms.